The van der Waals surface area contributed by atoms with Crippen molar-refractivity contribution in [3.05, 3.63) is 106 Å². The van der Waals surface area contributed by atoms with E-state index >= 15 is 0 Å². The van der Waals surface area contributed by atoms with Gasteiger partial charge in [-0.3, -0.25) is 0 Å². The van der Waals surface area contributed by atoms with Gasteiger partial charge in [0.25, 0.3) is 0 Å². The van der Waals surface area contributed by atoms with Crippen LogP contribution < -0.4 is 5.32 Å². The summed E-state index contributed by atoms with van der Waals surface area (Å²) < 4.78 is 1.11. The van der Waals surface area contributed by atoms with E-state index in [1.165, 1.54) is 60.2 Å². The summed E-state index contributed by atoms with van der Waals surface area (Å²) in [5.41, 5.74) is 8.46. The van der Waals surface area contributed by atoms with Gasteiger partial charge in [0.1, 0.15) is 0 Å². The van der Waals surface area contributed by atoms with Crippen LogP contribution in [0.1, 0.15) is 47.4 Å². The summed E-state index contributed by atoms with van der Waals surface area (Å²) in [6.45, 7) is 3.66. The predicted octanol–water partition coefficient (Wildman–Crippen LogP) is 7.37. The lowest BCUT2D eigenvalue weighted by atomic mass is 9.78. The molecule has 6 rings (SSSR count). The molecule has 1 aliphatic heterocycles. The van der Waals surface area contributed by atoms with Crippen LogP contribution in [0.25, 0.3) is 11.3 Å². The molecule has 1 atom stereocenters. The molecule has 0 bridgehead atoms. The molecule has 1 fully saturated rings. The van der Waals surface area contributed by atoms with Crippen LogP contribution in [0.3, 0.4) is 0 Å². The molecular weight excluding hydrogens is 508 g/mol. The SMILES string of the molecule is Brc1cccc(C2Cc3cnc(Nc4ccc(CCN5CCCCC5)cc4)nc3-c3ccccc32)c1. The molecule has 182 valence electrons. The Balaban J connectivity index is 1.19. The van der Waals surface area contributed by atoms with Gasteiger partial charge in [-0.25, -0.2) is 9.97 Å². The molecule has 0 radical (unpaired) electrons. The molecule has 36 heavy (non-hydrogen) atoms. The summed E-state index contributed by atoms with van der Waals surface area (Å²) in [4.78, 5) is 12.3. The fraction of sp³-hybridized carbons (Fsp3) is 0.290. The largest absolute Gasteiger partial charge is 0.324 e. The number of rotatable bonds is 6. The maximum atomic E-state index is 4.98. The minimum Gasteiger partial charge on any atom is -0.324 e. The van der Waals surface area contributed by atoms with Crippen molar-refractivity contribution in [1.82, 2.24) is 14.9 Å². The standard InChI is InChI=1S/C31H31BrN4/c32-25-8-6-7-23(19-25)29-20-24-21-33-31(35-30(24)28-10-3-2-9-27(28)29)34-26-13-11-22(12-14-26)15-18-36-16-4-1-5-17-36/h2-3,6-14,19,21,29H,1,4-5,15-18,20H2,(H,33,34,35). The van der Waals surface area contributed by atoms with Gasteiger partial charge in [0.05, 0.1) is 5.69 Å². The normalized spacial score (nSPS) is 17.3. The third-order valence-electron chi connectivity index (χ3n) is 7.51. The van der Waals surface area contributed by atoms with E-state index in [0.29, 0.717) is 11.9 Å². The summed E-state index contributed by atoms with van der Waals surface area (Å²) in [6.07, 6.45) is 8.08. The van der Waals surface area contributed by atoms with Crippen molar-refractivity contribution >= 4 is 27.6 Å². The molecule has 1 unspecified atom stereocenters. The third-order valence-corrected chi connectivity index (χ3v) is 8.00. The van der Waals surface area contributed by atoms with E-state index < -0.39 is 0 Å². The van der Waals surface area contributed by atoms with Crippen LogP contribution in [0.15, 0.2) is 83.5 Å². The summed E-state index contributed by atoms with van der Waals surface area (Å²) >= 11 is 3.64. The third kappa shape index (κ3) is 5.09. The second-order valence-corrected chi connectivity index (χ2v) is 10.9. The van der Waals surface area contributed by atoms with Gasteiger partial charge in [0.2, 0.25) is 5.95 Å². The van der Waals surface area contributed by atoms with Gasteiger partial charge in [-0.1, -0.05) is 70.9 Å². The number of likely N-dealkylation sites (tertiary alicyclic amines) is 1. The fourth-order valence-corrected chi connectivity index (χ4v) is 5.99. The van der Waals surface area contributed by atoms with Crippen LogP contribution >= 0.6 is 15.9 Å². The van der Waals surface area contributed by atoms with Crippen LogP contribution in [-0.4, -0.2) is 34.5 Å². The predicted molar refractivity (Wildman–Crippen MR) is 151 cm³/mol. The average Bonchev–Trinajstić information content (AvgIpc) is 2.93. The number of hydrogen-bond acceptors (Lipinski definition) is 4. The monoisotopic (exact) mass is 538 g/mol. The highest BCUT2D eigenvalue weighted by Crippen LogP contribution is 2.42. The lowest BCUT2D eigenvalue weighted by molar-refractivity contribution is 0.231. The van der Waals surface area contributed by atoms with E-state index in [-0.39, 0.29) is 0 Å². The summed E-state index contributed by atoms with van der Waals surface area (Å²) in [7, 11) is 0. The van der Waals surface area contributed by atoms with E-state index in [9.17, 15) is 0 Å². The van der Waals surface area contributed by atoms with E-state index in [1.807, 2.05) is 6.20 Å². The van der Waals surface area contributed by atoms with Gasteiger partial charge in [-0.05, 0) is 85.3 Å². The Morgan fingerprint density at radius 1 is 0.917 bits per heavy atom. The van der Waals surface area contributed by atoms with Gasteiger partial charge >= 0.3 is 0 Å². The summed E-state index contributed by atoms with van der Waals surface area (Å²) in [6, 6.07) is 26.0. The molecule has 0 spiro atoms. The highest BCUT2D eigenvalue weighted by molar-refractivity contribution is 9.10. The Hall–Kier alpha value is -3.02. The van der Waals surface area contributed by atoms with Crippen molar-refractivity contribution in [2.45, 2.75) is 38.0 Å². The molecule has 0 amide bonds. The number of piperidine rings is 1. The molecule has 3 aromatic carbocycles. The van der Waals surface area contributed by atoms with Gasteiger partial charge < -0.3 is 10.2 Å². The van der Waals surface area contributed by atoms with Crippen LogP contribution in [0, 0.1) is 0 Å². The first-order chi connectivity index (χ1) is 17.7. The molecule has 2 heterocycles. The molecule has 4 aromatic rings. The zero-order valence-corrected chi connectivity index (χ0v) is 22.0. The van der Waals surface area contributed by atoms with E-state index in [2.05, 4.69) is 104 Å². The highest BCUT2D eigenvalue weighted by atomic mass is 79.9. The molecule has 1 N–H and O–H groups in total. The number of aromatic nitrogens is 2. The van der Waals surface area contributed by atoms with Crippen LogP contribution in [0.2, 0.25) is 0 Å². The van der Waals surface area contributed by atoms with Gasteiger partial charge in [-0.15, -0.1) is 0 Å². The molecule has 0 saturated carbocycles. The van der Waals surface area contributed by atoms with Crippen LogP contribution in [-0.2, 0) is 12.8 Å². The number of anilines is 2. The minimum absolute atomic E-state index is 0.297. The summed E-state index contributed by atoms with van der Waals surface area (Å²) in [5.74, 6) is 0.941. The van der Waals surface area contributed by atoms with Gasteiger partial charge in [0.15, 0.2) is 0 Å². The zero-order valence-electron chi connectivity index (χ0n) is 20.5. The van der Waals surface area contributed by atoms with Gasteiger partial charge in [0, 0.05) is 34.4 Å². The summed E-state index contributed by atoms with van der Waals surface area (Å²) in [5, 5.41) is 3.43. The van der Waals surface area contributed by atoms with Crippen molar-refractivity contribution in [2.75, 3.05) is 25.0 Å². The van der Waals surface area contributed by atoms with E-state index in [4.69, 9.17) is 4.98 Å². The Morgan fingerprint density at radius 2 is 1.75 bits per heavy atom. The zero-order chi connectivity index (χ0) is 24.3. The first-order valence-corrected chi connectivity index (χ1v) is 13.8. The first-order valence-electron chi connectivity index (χ1n) is 13.0. The molecule has 5 heteroatoms. The van der Waals surface area contributed by atoms with Crippen molar-refractivity contribution in [1.29, 1.82) is 0 Å². The van der Waals surface area contributed by atoms with Gasteiger partial charge in [-0.2, -0.15) is 0 Å². The lowest BCUT2D eigenvalue weighted by Crippen LogP contribution is -2.31. The number of nitrogens with one attached hydrogen (secondary N) is 1. The van der Waals surface area contributed by atoms with E-state index in [0.717, 1.165) is 35.2 Å². The van der Waals surface area contributed by atoms with Crippen molar-refractivity contribution in [3.63, 3.8) is 0 Å². The molecule has 1 aromatic heterocycles. The Bertz CT molecular complexity index is 1350. The highest BCUT2D eigenvalue weighted by Gasteiger charge is 2.27. The fourth-order valence-electron chi connectivity index (χ4n) is 5.57. The number of nitrogens with zero attached hydrogens (tertiary/aromatic N) is 3. The molecule has 2 aliphatic rings. The number of hydrogen-bond donors (Lipinski definition) is 1. The molecule has 4 nitrogen and oxygen atoms in total. The maximum Gasteiger partial charge on any atom is 0.227 e. The van der Waals surface area contributed by atoms with Crippen molar-refractivity contribution < 1.29 is 0 Å². The number of fused-ring (bicyclic) bond motifs is 3. The van der Waals surface area contributed by atoms with Crippen LogP contribution in [0.4, 0.5) is 11.6 Å². The van der Waals surface area contributed by atoms with Crippen LogP contribution in [0.5, 0.6) is 0 Å². The van der Waals surface area contributed by atoms with Crippen molar-refractivity contribution in [2.24, 2.45) is 0 Å². The smallest absolute Gasteiger partial charge is 0.227 e. The Morgan fingerprint density at radius 3 is 2.58 bits per heavy atom. The average molecular weight is 540 g/mol. The second-order valence-electron chi connectivity index (χ2n) is 9.94. The minimum atomic E-state index is 0.297. The molecule has 1 aliphatic carbocycles. The van der Waals surface area contributed by atoms with E-state index in [1.54, 1.807) is 0 Å². The lowest BCUT2D eigenvalue weighted by Gasteiger charge is -2.27. The number of benzene rings is 3. The second kappa shape index (κ2) is 10.5. The quantitative estimate of drug-likeness (QED) is 0.278. The first kappa shape index (κ1) is 23.4. The number of halogens is 1. The Labute approximate surface area is 221 Å². The molecular formula is C31H31BrN4. The topological polar surface area (TPSA) is 41.1 Å². The Kier molecular flexibility index (Phi) is 6.84. The molecule has 1 saturated heterocycles. The van der Waals surface area contributed by atoms with Crippen molar-refractivity contribution in [3.8, 4) is 11.3 Å². The maximum absolute atomic E-state index is 4.98.